The number of amides is 2. The van der Waals surface area contributed by atoms with Gasteiger partial charge in [0.25, 0.3) is 0 Å². The van der Waals surface area contributed by atoms with Crippen LogP contribution >= 0.6 is 0 Å². The Bertz CT molecular complexity index is 1030. The maximum absolute atomic E-state index is 12.3. The Labute approximate surface area is 193 Å². The van der Waals surface area contributed by atoms with Crippen LogP contribution in [-0.2, 0) is 23.0 Å². The fraction of sp³-hybridized carbons (Fsp3) is 0.440. The van der Waals surface area contributed by atoms with E-state index in [1.807, 2.05) is 6.07 Å². The number of carbonyl (C=O) groups excluding carboxylic acids is 1. The summed E-state index contributed by atoms with van der Waals surface area (Å²) < 4.78 is 10.8. The van der Waals surface area contributed by atoms with Gasteiger partial charge in [0.1, 0.15) is 5.75 Å². The standard InChI is InChI=1S/C25H31N3O5/c1-25(15-19-5-4-18(23(29)30)14-22(19)32-2)16-27-21-6-3-17(13-20(21)25)7-8-26-24(31)28-9-11-33-12-10-28/h3-6,13-14,27H,7-12,15-16H2,1-2H3,(H,26,31)(H,29,30). The predicted octanol–water partition coefficient (Wildman–Crippen LogP) is 2.90. The van der Waals surface area contributed by atoms with Gasteiger partial charge in [-0.15, -0.1) is 0 Å². The smallest absolute Gasteiger partial charge is 0.335 e. The molecule has 3 N–H and O–H groups in total. The molecule has 2 heterocycles. The summed E-state index contributed by atoms with van der Waals surface area (Å²) in [6.45, 7) is 6.01. The van der Waals surface area contributed by atoms with Crippen molar-refractivity contribution < 1.29 is 24.2 Å². The number of carboxylic acids is 1. The van der Waals surface area contributed by atoms with Crippen LogP contribution in [0.5, 0.6) is 5.75 Å². The molecular formula is C25H31N3O5. The first-order chi connectivity index (χ1) is 15.9. The highest BCUT2D eigenvalue weighted by atomic mass is 16.5. The molecular weight excluding hydrogens is 422 g/mol. The molecule has 2 aliphatic rings. The lowest BCUT2D eigenvalue weighted by molar-refractivity contribution is 0.0533. The fourth-order valence-electron chi connectivity index (χ4n) is 4.58. The molecule has 2 aromatic carbocycles. The average Bonchev–Trinajstić information content (AvgIpc) is 3.15. The highest BCUT2D eigenvalue weighted by molar-refractivity contribution is 5.88. The van der Waals surface area contributed by atoms with Crippen molar-refractivity contribution in [2.75, 3.05) is 51.8 Å². The number of anilines is 1. The van der Waals surface area contributed by atoms with Crippen LogP contribution in [0.25, 0.3) is 0 Å². The lowest BCUT2D eigenvalue weighted by Crippen LogP contribution is -2.46. The third-order valence-electron chi connectivity index (χ3n) is 6.51. The van der Waals surface area contributed by atoms with E-state index < -0.39 is 5.97 Å². The zero-order valence-corrected chi connectivity index (χ0v) is 19.1. The van der Waals surface area contributed by atoms with Crippen molar-refractivity contribution in [2.24, 2.45) is 0 Å². The molecule has 33 heavy (non-hydrogen) atoms. The summed E-state index contributed by atoms with van der Waals surface area (Å²) in [6, 6.07) is 11.4. The lowest BCUT2D eigenvalue weighted by atomic mass is 9.78. The minimum atomic E-state index is -0.968. The Balaban J connectivity index is 1.44. The molecule has 2 aromatic rings. The molecule has 2 aliphatic heterocycles. The van der Waals surface area contributed by atoms with Gasteiger partial charge in [0.05, 0.1) is 25.9 Å². The number of morpholine rings is 1. The monoisotopic (exact) mass is 453 g/mol. The predicted molar refractivity (Wildman–Crippen MR) is 125 cm³/mol. The molecule has 1 saturated heterocycles. The molecule has 0 saturated carbocycles. The number of methoxy groups -OCH3 is 1. The van der Waals surface area contributed by atoms with Crippen LogP contribution < -0.4 is 15.4 Å². The number of nitrogens with one attached hydrogen (secondary N) is 2. The molecule has 0 aliphatic carbocycles. The minimum absolute atomic E-state index is 0.0390. The van der Waals surface area contributed by atoms with Gasteiger partial charge in [-0.3, -0.25) is 0 Å². The van der Waals surface area contributed by atoms with Crippen LogP contribution in [-0.4, -0.2) is 68.5 Å². The normalized spacial score (nSPS) is 19.5. The number of hydrogen-bond donors (Lipinski definition) is 3. The van der Waals surface area contributed by atoms with E-state index in [0.717, 1.165) is 24.2 Å². The summed E-state index contributed by atoms with van der Waals surface area (Å²) in [5.41, 5.74) is 4.53. The second-order valence-electron chi connectivity index (χ2n) is 8.88. The van der Waals surface area contributed by atoms with E-state index in [1.165, 1.54) is 11.1 Å². The molecule has 176 valence electrons. The zero-order valence-electron chi connectivity index (χ0n) is 19.1. The van der Waals surface area contributed by atoms with Gasteiger partial charge in [-0.1, -0.05) is 25.1 Å². The van der Waals surface area contributed by atoms with Gasteiger partial charge in [-0.2, -0.15) is 0 Å². The molecule has 0 spiro atoms. The van der Waals surface area contributed by atoms with Crippen molar-refractivity contribution >= 4 is 17.7 Å². The van der Waals surface area contributed by atoms with Crippen molar-refractivity contribution in [1.29, 1.82) is 0 Å². The molecule has 0 radical (unpaired) electrons. The van der Waals surface area contributed by atoms with Crippen molar-refractivity contribution in [3.8, 4) is 5.75 Å². The van der Waals surface area contributed by atoms with Gasteiger partial charge >= 0.3 is 12.0 Å². The van der Waals surface area contributed by atoms with Gasteiger partial charge in [0.15, 0.2) is 0 Å². The maximum atomic E-state index is 12.3. The van der Waals surface area contributed by atoms with Gasteiger partial charge in [-0.25, -0.2) is 9.59 Å². The van der Waals surface area contributed by atoms with Gasteiger partial charge in [-0.05, 0) is 47.7 Å². The van der Waals surface area contributed by atoms with Crippen molar-refractivity contribution in [2.45, 2.75) is 25.2 Å². The lowest BCUT2D eigenvalue weighted by Gasteiger charge is -2.27. The molecule has 1 unspecified atom stereocenters. The Kier molecular flexibility index (Phi) is 6.74. The number of rotatable bonds is 7. The molecule has 8 nitrogen and oxygen atoms in total. The molecule has 1 fully saturated rings. The third-order valence-corrected chi connectivity index (χ3v) is 6.51. The van der Waals surface area contributed by atoms with Crippen LogP contribution in [0.3, 0.4) is 0 Å². The summed E-state index contributed by atoms with van der Waals surface area (Å²) in [5, 5.41) is 15.8. The molecule has 2 amide bonds. The number of hydrogen-bond acceptors (Lipinski definition) is 5. The van der Waals surface area contributed by atoms with Gasteiger partial charge < -0.3 is 30.1 Å². The SMILES string of the molecule is COc1cc(C(=O)O)ccc1CC1(C)CNc2ccc(CCNC(=O)N3CCOCC3)cc21. The van der Waals surface area contributed by atoms with Crippen LogP contribution in [0.1, 0.15) is 34.0 Å². The van der Waals surface area contributed by atoms with Crippen molar-refractivity contribution in [3.05, 3.63) is 58.7 Å². The Morgan fingerprint density at radius 1 is 1.21 bits per heavy atom. The highest BCUT2D eigenvalue weighted by Gasteiger charge is 2.35. The average molecular weight is 454 g/mol. The summed E-state index contributed by atoms with van der Waals surface area (Å²) in [7, 11) is 1.57. The van der Waals surface area contributed by atoms with E-state index in [9.17, 15) is 14.7 Å². The van der Waals surface area contributed by atoms with E-state index in [1.54, 1.807) is 24.1 Å². The first-order valence-electron chi connectivity index (χ1n) is 11.3. The molecule has 0 aromatic heterocycles. The van der Waals surface area contributed by atoms with Crippen LogP contribution in [0.2, 0.25) is 0 Å². The number of aromatic carboxylic acids is 1. The first-order valence-corrected chi connectivity index (χ1v) is 11.3. The second kappa shape index (κ2) is 9.70. The topological polar surface area (TPSA) is 100 Å². The zero-order chi connectivity index (χ0) is 23.4. The first kappa shape index (κ1) is 22.9. The number of carbonyl (C=O) groups is 2. The number of benzene rings is 2. The largest absolute Gasteiger partial charge is 0.496 e. The number of nitrogens with zero attached hydrogens (tertiary/aromatic N) is 1. The number of carboxylic acid groups (broad SMARTS) is 1. The third kappa shape index (κ3) is 5.06. The number of fused-ring (bicyclic) bond motifs is 1. The Morgan fingerprint density at radius 2 is 2.00 bits per heavy atom. The summed E-state index contributed by atoms with van der Waals surface area (Å²) in [5.74, 6) is -0.379. The van der Waals surface area contributed by atoms with Crippen LogP contribution in [0, 0.1) is 0 Å². The summed E-state index contributed by atoms with van der Waals surface area (Å²) in [6.07, 6.45) is 1.46. The van der Waals surface area contributed by atoms with Gasteiger partial charge in [0, 0.05) is 37.3 Å². The Hall–Kier alpha value is -3.26. The molecule has 1 atom stereocenters. The second-order valence-corrected chi connectivity index (χ2v) is 8.88. The van der Waals surface area contributed by atoms with Crippen LogP contribution in [0.4, 0.5) is 10.5 Å². The molecule has 0 bridgehead atoms. The quantitative estimate of drug-likeness (QED) is 0.596. The number of urea groups is 1. The van der Waals surface area contributed by atoms with E-state index in [-0.39, 0.29) is 17.0 Å². The highest BCUT2D eigenvalue weighted by Crippen LogP contribution is 2.41. The van der Waals surface area contributed by atoms with Crippen molar-refractivity contribution in [1.82, 2.24) is 10.2 Å². The van der Waals surface area contributed by atoms with Crippen molar-refractivity contribution in [3.63, 3.8) is 0 Å². The molecule has 8 heteroatoms. The molecule has 4 rings (SSSR count). The van der Waals surface area contributed by atoms with E-state index in [0.29, 0.717) is 45.0 Å². The minimum Gasteiger partial charge on any atom is -0.496 e. The maximum Gasteiger partial charge on any atom is 0.335 e. The summed E-state index contributed by atoms with van der Waals surface area (Å²) >= 11 is 0. The van der Waals surface area contributed by atoms with Gasteiger partial charge in [0.2, 0.25) is 0 Å². The number of ether oxygens (including phenoxy) is 2. The Morgan fingerprint density at radius 3 is 2.73 bits per heavy atom. The van der Waals surface area contributed by atoms with E-state index in [4.69, 9.17) is 9.47 Å². The fourth-order valence-corrected chi connectivity index (χ4v) is 4.58. The van der Waals surface area contributed by atoms with E-state index >= 15 is 0 Å². The van der Waals surface area contributed by atoms with Crippen LogP contribution in [0.15, 0.2) is 36.4 Å². The summed E-state index contributed by atoms with van der Waals surface area (Å²) in [4.78, 5) is 25.4. The van der Waals surface area contributed by atoms with E-state index in [2.05, 4.69) is 35.8 Å².